The van der Waals surface area contributed by atoms with Crippen LogP contribution in [0.3, 0.4) is 0 Å². The number of likely N-dealkylation sites (tertiary alicyclic amines) is 1. The van der Waals surface area contributed by atoms with Gasteiger partial charge in [-0.05, 0) is 90.4 Å². The zero-order valence-corrected chi connectivity index (χ0v) is 23.6. The van der Waals surface area contributed by atoms with Gasteiger partial charge in [0.25, 0.3) is 5.91 Å². The smallest absolute Gasteiger partial charge is 0.390 e. The van der Waals surface area contributed by atoms with E-state index in [0.717, 1.165) is 17.4 Å². The number of aliphatic hydroxyl groups is 1. The molecule has 1 fully saturated rings. The Kier molecular flexibility index (Phi) is 8.07. The van der Waals surface area contributed by atoms with Crippen molar-refractivity contribution in [3.63, 3.8) is 0 Å². The summed E-state index contributed by atoms with van der Waals surface area (Å²) in [5, 5.41) is 13.3. The average molecular weight is 595 g/mol. The van der Waals surface area contributed by atoms with Crippen LogP contribution in [0.25, 0.3) is 27.3 Å². The van der Waals surface area contributed by atoms with Crippen LogP contribution in [0, 0.1) is 0 Å². The third kappa shape index (κ3) is 6.80. The van der Waals surface area contributed by atoms with E-state index >= 15 is 0 Å². The molecule has 0 bridgehead atoms. The van der Waals surface area contributed by atoms with Crippen molar-refractivity contribution < 1.29 is 27.9 Å². The van der Waals surface area contributed by atoms with Gasteiger partial charge in [0, 0.05) is 40.5 Å². The fourth-order valence-electron chi connectivity index (χ4n) is 4.77. The number of amides is 2. The summed E-state index contributed by atoms with van der Waals surface area (Å²) in [4.78, 5) is 31.4. The molecule has 4 N–H and O–H groups in total. The lowest BCUT2D eigenvalue weighted by atomic mass is 9.93. The average Bonchev–Trinajstić information content (AvgIpc) is 3.37. The number of anilines is 1. The van der Waals surface area contributed by atoms with Gasteiger partial charge in [-0.3, -0.25) is 9.59 Å². The molecule has 11 heteroatoms. The number of alkyl halides is 3. The third-order valence-corrected chi connectivity index (χ3v) is 8.42. The highest BCUT2D eigenvalue weighted by molar-refractivity contribution is 7.19. The molecule has 2 aromatic carbocycles. The highest BCUT2D eigenvalue weighted by atomic mass is 32.1. The second kappa shape index (κ2) is 11.6. The minimum absolute atomic E-state index is 0.0673. The molecule has 218 valence electrons. The van der Waals surface area contributed by atoms with E-state index in [0.29, 0.717) is 64.3 Å². The van der Waals surface area contributed by atoms with Gasteiger partial charge in [-0.1, -0.05) is 12.1 Å². The van der Waals surface area contributed by atoms with E-state index in [4.69, 9.17) is 5.73 Å². The molecule has 0 unspecified atom stereocenters. The maximum Gasteiger partial charge on any atom is 0.417 e. The first-order valence-corrected chi connectivity index (χ1v) is 14.1. The summed E-state index contributed by atoms with van der Waals surface area (Å²) in [6.07, 6.45) is 0.803. The normalized spacial score (nSPS) is 15.3. The topological polar surface area (TPSA) is 109 Å². The van der Waals surface area contributed by atoms with E-state index < -0.39 is 23.2 Å². The Morgan fingerprint density at radius 2 is 1.81 bits per heavy atom. The molecule has 0 spiro atoms. The van der Waals surface area contributed by atoms with E-state index in [2.05, 4.69) is 10.3 Å². The SMILES string of the molecule is CC1(O)CCN(C(=O)c2ccc(-c3cc(C(F)(F)F)c4sc(CNC(=O)/C=C/c5ccc(N)nc5)cc4c3)cc2)CC1. The Morgan fingerprint density at radius 1 is 1.10 bits per heavy atom. The van der Waals surface area contributed by atoms with Crippen LogP contribution >= 0.6 is 11.3 Å². The Labute approximate surface area is 244 Å². The Balaban J connectivity index is 1.33. The molecule has 0 aliphatic carbocycles. The van der Waals surface area contributed by atoms with Crippen molar-refractivity contribution in [1.82, 2.24) is 15.2 Å². The number of piperidine rings is 1. The number of fused-ring (bicyclic) bond motifs is 1. The van der Waals surface area contributed by atoms with Gasteiger partial charge < -0.3 is 21.1 Å². The number of aromatic nitrogens is 1. The minimum atomic E-state index is -4.58. The molecule has 1 aliphatic heterocycles. The second-order valence-corrected chi connectivity index (χ2v) is 11.7. The zero-order valence-electron chi connectivity index (χ0n) is 22.7. The summed E-state index contributed by atoms with van der Waals surface area (Å²) in [6, 6.07) is 14.3. The molecule has 1 aliphatic rings. The zero-order chi connectivity index (χ0) is 30.1. The molecule has 4 aromatic rings. The van der Waals surface area contributed by atoms with E-state index in [1.807, 2.05) is 0 Å². The van der Waals surface area contributed by atoms with Crippen molar-refractivity contribution in [2.24, 2.45) is 0 Å². The van der Waals surface area contributed by atoms with Crippen molar-refractivity contribution in [2.45, 2.75) is 38.1 Å². The Bertz CT molecular complexity index is 1640. The number of hydrogen-bond acceptors (Lipinski definition) is 6. The number of carbonyl (C=O) groups is 2. The first kappa shape index (κ1) is 29.3. The maximum atomic E-state index is 14.1. The first-order chi connectivity index (χ1) is 19.9. The van der Waals surface area contributed by atoms with Gasteiger partial charge >= 0.3 is 6.18 Å². The van der Waals surface area contributed by atoms with Crippen molar-refractivity contribution in [3.05, 3.63) is 88.4 Å². The van der Waals surface area contributed by atoms with Crippen LogP contribution < -0.4 is 11.1 Å². The molecule has 3 heterocycles. The fraction of sp³-hybridized carbons (Fsp3) is 0.258. The summed E-state index contributed by atoms with van der Waals surface area (Å²) in [5.74, 6) is -0.210. The van der Waals surface area contributed by atoms with Crippen molar-refractivity contribution in [2.75, 3.05) is 18.8 Å². The number of nitrogens with one attached hydrogen (secondary N) is 1. The van der Waals surface area contributed by atoms with E-state index in [-0.39, 0.29) is 17.2 Å². The molecule has 0 saturated carbocycles. The number of nitrogen functional groups attached to an aromatic ring is 1. The number of thiophene rings is 1. The molecular weight excluding hydrogens is 565 g/mol. The Morgan fingerprint density at radius 3 is 2.45 bits per heavy atom. The second-order valence-electron chi connectivity index (χ2n) is 10.6. The monoisotopic (exact) mass is 594 g/mol. The number of rotatable bonds is 6. The van der Waals surface area contributed by atoms with E-state index in [9.17, 15) is 27.9 Å². The van der Waals surface area contributed by atoms with Crippen molar-refractivity contribution >= 4 is 45.1 Å². The number of pyridine rings is 1. The van der Waals surface area contributed by atoms with Crippen LogP contribution in [0.4, 0.5) is 19.0 Å². The number of nitrogens with two attached hydrogens (primary N) is 1. The van der Waals surface area contributed by atoms with Gasteiger partial charge in [0.15, 0.2) is 0 Å². The van der Waals surface area contributed by atoms with Crippen LogP contribution in [0.1, 0.15) is 46.1 Å². The van der Waals surface area contributed by atoms with Gasteiger partial charge in [0.1, 0.15) is 5.82 Å². The molecule has 2 aromatic heterocycles. The number of carbonyl (C=O) groups excluding carboxylic acids is 2. The highest BCUT2D eigenvalue weighted by Gasteiger charge is 2.34. The van der Waals surface area contributed by atoms with Gasteiger partial charge in [0.05, 0.1) is 17.7 Å². The lowest BCUT2D eigenvalue weighted by molar-refractivity contribution is -0.136. The third-order valence-electron chi connectivity index (χ3n) is 7.24. The summed E-state index contributed by atoms with van der Waals surface area (Å²) >= 11 is 0.984. The highest BCUT2D eigenvalue weighted by Crippen LogP contribution is 2.41. The molecule has 2 amide bonds. The minimum Gasteiger partial charge on any atom is -0.390 e. The van der Waals surface area contributed by atoms with Crippen molar-refractivity contribution in [3.8, 4) is 11.1 Å². The van der Waals surface area contributed by atoms with Crippen LogP contribution in [-0.2, 0) is 17.5 Å². The molecule has 42 heavy (non-hydrogen) atoms. The Hall–Kier alpha value is -4.22. The molecule has 5 rings (SSSR count). The largest absolute Gasteiger partial charge is 0.417 e. The van der Waals surface area contributed by atoms with Gasteiger partial charge in [-0.2, -0.15) is 13.2 Å². The number of benzene rings is 2. The van der Waals surface area contributed by atoms with E-state index in [1.54, 1.807) is 66.4 Å². The summed E-state index contributed by atoms with van der Waals surface area (Å²) in [7, 11) is 0. The van der Waals surface area contributed by atoms with Gasteiger partial charge in [-0.25, -0.2) is 4.98 Å². The van der Waals surface area contributed by atoms with Crippen LogP contribution in [0.2, 0.25) is 0 Å². The molecule has 1 saturated heterocycles. The number of halogens is 3. The van der Waals surface area contributed by atoms with Crippen LogP contribution in [-0.4, -0.2) is 45.5 Å². The first-order valence-electron chi connectivity index (χ1n) is 13.3. The lowest BCUT2D eigenvalue weighted by Gasteiger charge is -2.35. The summed E-state index contributed by atoms with van der Waals surface area (Å²) < 4.78 is 42.4. The van der Waals surface area contributed by atoms with Gasteiger partial charge in [-0.15, -0.1) is 11.3 Å². The lowest BCUT2D eigenvalue weighted by Crippen LogP contribution is -2.45. The van der Waals surface area contributed by atoms with Crippen LogP contribution in [0.5, 0.6) is 0 Å². The van der Waals surface area contributed by atoms with Gasteiger partial charge in [0.2, 0.25) is 5.91 Å². The molecule has 0 radical (unpaired) electrons. The molecular formula is C31H29F3N4O3S. The van der Waals surface area contributed by atoms with Crippen molar-refractivity contribution in [1.29, 1.82) is 0 Å². The molecule has 0 atom stereocenters. The predicted octanol–water partition coefficient (Wildman–Crippen LogP) is 5.88. The van der Waals surface area contributed by atoms with Crippen LogP contribution in [0.15, 0.2) is 66.9 Å². The van der Waals surface area contributed by atoms with E-state index in [1.165, 1.54) is 12.3 Å². The molecule has 7 nitrogen and oxygen atoms in total. The maximum absolute atomic E-state index is 14.1. The summed E-state index contributed by atoms with van der Waals surface area (Å²) in [6.45, 7) is 2.70. The predicted molar refractivity (Wildman–Crippen MR) is 158 cm³/mol. The number of hydrogen-bond donors (Lipinski definition) is 3. The number of nitrogens with zero attached hydrogens (tertiary/aromatic N) is 2. The quantitative estimate of drug-likeness (QED) is 0.242. The summed E-state index contributed by atoms with van der Waals surface area (Å²) in [5.41, 5.74) is 6.05. The fourth-order valence-corrected chi connectivity index (χ4v) is 5.88. The standard InChI is InChI=1S/C31H29F3N4O3S/c1-30(41)10-12-38(13-11-30)29(40)21-6-4-20(5-7-21)22-14-23-15-24(42-28(23)25(16-22)31(32,33)34)18-37-27(39)9-3-19-2-8-26(35)36-17-19/h2-9,14-17,41H,10-13,18H2,1H3,(H2,35,36)(H,37,39)/b9-3+.